The van der Waals surface area contributed by atoms with Gasteiger partial charge in [-0.3, -0.25) is 4.79 Å². The predicted octanol–water partition coefficient (Wildman–Crippen LogP) is 1.02. The van der Waals surface area contributed by atoms with Gasteiger partial charge in [-0.1, -0.05) is 5.16 Å². The molecule has 94 valence electrons. The molecule has 5 heteroatoms. The average molecular weight is 237 g/mol. The molecule has 0 radical (unpaired) electrons. The third-order valence-electron chi connectivity index (χ3n) is 3.26. The van der Waals surface area contributed by atoms with E-state index < -0.39 is 0 Å². The molecule has 2 heterocycles. The average Bonchev–Trinajstić information content (AvgIpc) is 2.89. The van der Waals surface area contributed by atoms with Crippen molar-refractivity contribution >= 4 is 5.91 Å². The molecule has 1 aromatic heterocycles. The first-order valence-electron chi connectivity index (χ1n) is 6.10. The summed E-state index contributed by atoms with van der Waals surface area (Å²) < 4.78 is 4.98. The van der Waals surface area contributed by atoms with Crippen LogP contribution in [-0.4, -0.2) is 30.7 Å². The number of aryl methyl sites for hydroxylation is 2. The molecule has 1 atom stereocenters. The van der Waals surface area contributed by atoms with E-state index in [1.54, 1.807) is 13.8 Å². The molecule has 1 saturated heterocycles. The van der Waals surface area contributed by atoms with E-state index in [1.165, 1.54) is 6.42 Å². The van der Waals surface area contributed by atoms with E-state index in [0.29, 0.717) is 22.9 Å². The summed E-state index contributed by atoms with van der Waals surface area (Å²) in [5.41, 5.74) is 1.23. The van der Waals surface area contributed by atoms with Gasteiger partial charge in [0.2, 0.25) is 0 Å². The first-order chi connectivity index (χ1) is 8.18. The van der Waals surface area contributed by atoms with Gasteiger partial charge in [-0.25, -0.2) is 0 Å². The minimum Gasteiger partial charge on any atom is -0.361 e. The van der Waals surface area contributed by atoms with Crippen LogP contribution < -0.4 is 10.6 Å². The largest absolute Gasteiger partial charge is 0.361 e. The second-order valence-electron chi connectivity index (χ2n) is 4.60. The molecule has 0 aromatic carbocycles. The number of nitrogens with zero attached hydrogens (tertiary/aromatic N) is 1. The zero-order valence-electron chi connectivity index (χ0n) is 10.4. The van der Waals surface area contributed by atoms with E-state index in [1.807, 2.05) is 0 Å². The van der Waals surface area contributed by atoms with Gasteiger partial charge in [0, 0.05) is 6.54 Å². The molecule has 0 saturated carbocycles. The van der Waals surface area contributed by atoms with Crippen molar-refractivity contribution in [1.29, 1.82) is 0 Å². The fraction of sp³-hybridized carbons (Fsp3) is 0.667. The minimum absolute atomic E-state index is 0.0767. The van der Waals surface area contributed by atoms with Gasteiger partial charge in [0.1, 0.15) is 11.3 Å². The van der Waals surface area contributed by atoms with E-state index in [2.05, 4.69) is 15.8 Å². The quantitative estimate of drug-likeness (QED) is 0.820. The Hall–Kier alpha value is -1.36. The smallest absolute Gasteiger partial charge is 0.256 e. The summed E-state index contributed by atoms with van der Waals surface area (Å²) in [4.78, 5) is 11.9. The van der Waals surface area contributed by atoms with Crippen LogP contribution in [0.15, 0.2) is 4.52 Å². The highest BCUT2D eigenvalue weighted by Crippen LogP contribution is 2.13. The van der Waals surface area contributed by atoms with Gasteiger partial charge >= 0.3 is 0 Å². The highest BCUT2D eigenvalue weighted by atomic mass is 16.5. The number of rotatable bonds is 4. The number of carbonyl (C=O) groups excluding carboxylic acids is 1. The molecule has 0 aliphatic carbocycles. The van der Waals surface area contributed by atoms with Gasteiger partial charge < -0.3 is 15.2 Å². The van der Waals surface area contributed by atoms with E-state index in [9.17, 15) is 4.79 Å². The molecule has 5 nitrogen and oxygen atoms in total. The van der Waals surface area contributed by atoms with Crippen LogP contribution >= 0.6 is 0 Å². The van der Waals surface area contributed by atoms with E-state index in [-0.39, 0.29) is 5.91 Å². The van der Waals surface area contributed by atoms with Crippen LogP contribution in [0.3, 0.4) is 0 Å². The molecule has 0 spiro atoms. The molecule has 1 aliphatic rings. The van der Waals surface area contributed by atoms with Crippen LogP contribution in [0.1, 0.15) is 34.7 Å². The Labute approximate surface area is 101 Å². The number of aromatic nitrogens is 1. The van der Waals surface area contributed by atoms with Gasteiger partial charge in [0.05, 0.1) is 5.69 Å². The molecular weight excluding hydrogens is 218 g/mol. The fourth-order valence-electron chi connectivity index (χ4n) is 2.25. The van der Waals surface area contributed by atoms with Crippen LogP contribution in [0.5, 0.6) is 0 Å². The van der Waals surface area contributed by atoms with Crippen LogP contribution in [0.25, 0.3) is 0 Å². The third-order valence-corrected chi connectivity index (χ3v) is 3.26. The summed E-state index contributed by atoms with van der Waals surface area (Å²) >= 11 is 0. The van der Waals surface area contributed by atoms with Crippen molar-refractivity contribution in [3.05, 3.63) is 17.0 Å². The normalized spacial score (nSPS) is 19.5. The minimum atomic E-state index is -0.0767. The van der Waals surface area contributed by atoms with E-state index >= 15 is 0 Å². The van der Waals surface area contributed by atoms with Gasteiger partial charge in [0.15, 0.2) is 0 Å². The van der Waals surface area contributed by atoms with Crippen LogP contribution in [-0.2, 0) is 0 Å². The molecule has 0 bridgehead atoms. The van der Waals surface area contributed by atoms with Crippen molar-refractivity contribution in [3.63, 3.8) is 0 Å². The Kier molecular flexibility index (Phi) is 3.78. The molecule has 17 heavy (non-hydrogen) atoms. The standard InChI is InChI=1S/C12H19N3O2/c1-8-11(9(2)17-15-8)12(16)14-6-4-10-3-5-13-7-10/h10,13H,3-7H2,1-2H3,(H,14,16). The summed E-state index contributed by atoms with van der Waals surface area (Å²) in [7, 11) is 0. The number of amides is 1. The lowest BCUT2D eigenvalue weighted by Crippen LogP contribution is -2.27. The van der Waals surface area contributed by atoms with Gasteiger partial charge in [-0.05, 0) is 45.7 Å². The lowest BCUT2D eigenvalue weighted by Gasteiger charge is -2.09. The van der Waals surface area contributed by atoms with E-state index in [4.69, 9.17) is 4.52 Å². The van der Waals surface area contributed by atoms with Crippen molar-refractivity contribution < 1.29 is 9.32 Å². The maximum atomic E-state index is 11.9. The van der Waals surface area contributed by atoms with Crippen molar-refractivity contribution in [2.75, 3.05) is 19.6 Å². The summed E-state index contributed by atoms with van der Waals surface area (Å²) in [5, 5.41) is 10.0. The summed E-state index contributed by atoms with van der Waals surface area (Å²) in [6, 6.07) is 0. The Balaban J connectivity index is 1.81. The van der Waals surface area contributed by atoms with Gasteiger partial charge in [-0.15, -0.1) is 0 Å². The Morgan fingerprint density at radius 2 is 2.41 bits per heavy atom. The number of nitrogens with one attached hydrogen (secondary N) is 2. The fourth-order valence-corrected chi connectivity index (χ4v) is 2.25. The first kappa shape index (κ1) is 12.1. The summed E-state index contributed by atoms with van der Waals surface area (Å²) in [6.45, 7) is 6.43. The summed E-state index contributed by atoms with van der Waals surface area (Å²) in [6.07, 6.45) is 2.24. The highest BCUT2D eigenvalue weighted by Gasteiger charge is 2.18. The molecule has 1 unspecified atom stereocenters. The molecule has 1 fully saturated rings. The topological polar surface area (TPSA) is 67.2 Å². The highest BCUT2D eigenvalue weighted by molar-refractivity contribution is 5.96. The molecule has 1 aliphatic heterocycles. The number of hydrogen-bond acceptors (Lipinski definition) is 4. The van der Waals surface area contributed by atoms with Crippen molar-refractivity contribution in [1.82, 2.24) is 15.8 Å². The monoisotopic (exact) mass is 237 g/mol. The van der Waals surface area contributed by atoms with Gasteiger partial charge in [0.25, 0.3) is 5.91 Å². The second kappa shape index (κ2) is 5.31. The van der Waals surface area contributed by atoms with Crippen molar-refractivity contribution in [3.8, 4) is 0 Å². The predicted molar refractivity (Wildman–Crippen MR) is 63.9 cm³/mol. The molecule has 2 N–H and O–H groups in total. The lowest BCUT2D eigenvalue weighted by molar-refractivity contribution is 0.0949. The third kappa shape index (κ3) is 2.85. The Morgan fingerprint density at radius 1 is 1.59 bits per heavy atom. The molecular formula is C12H19N3O2. The Bertz CT molecular complexity index is 375. The van der Waals surface area contributed by atoms with E-state index in [0.717, 1.165) is 26.1 Å². The zero-order valence-corrected chi connectivity index (χ0v) is 10.4. The van der Waals surface area contributed by atoms with Crippen molar-refractivity contribution in [2.24, 2.45) is 5.92 Å². The van der Waals surface area contributed by atoms with Gasteiger partial charge in [-0.2, -0.15) is 0 Å². The lowest BCUT2D eigenvalue weighted by atomic mass is 10.1. The SMILES string of the molecule is Cc1noc(C)c1C(=O)NCCC1CCNC1. The second-order valence-corrected chi connectivity index (χ2v) is 4.60. The number of hydrogen-bond donors (Lipinski definition) is 2. The molecule has 1 aromatic rings. The van der Waals surface area contributed by atoms with Crippen LogP contribution in [0, 0.1) is 19.8 Å². The summed E-state index contributed by atoms with van der Waals surface area (Å²) in [5.74, 6) is 1.20. The van der Waals surface area contributed by atoms with Crippen LogP contribution in [0.4, 0.5) is 0 Å². The molecule has 1 amide bonds. The Morgan fingerprint density at radius 3 is 3.00 bits per heavy atom. The van der Waals surface area contributed by atoms with Crippen LogP contribution in [0.2, 0.25) is 0 Å². The number of carbonyl (C=O) groups is 1. The van der Waals surface area contributed by atoms with Crippen molar-refractivity contribution in [2.45, 2.75) is 26.7 Å². The maximum absolute atomic E-state index is 11.9. The first-order valence-corrected chi connectivity index (χ1v) is 6.10. The zero-order chi connectivity index (χ0) is 12.3. The maximum Gasteiger partial charge on any atom is 0.256 e. The molecule has 2 rings (SSSR count).